The molecule has 0 spiro atoms. The Hall–Kier alpha value is -1.32. The van der Waals surface area contributed by atoms with Crippen LogP contribution in [-0.2, 0) is 0 Å². The van der Waals surface area contributed by atoms with Crippen molar-refractivity contribution in [2.24, 2.45) is 11.3 Å². The van der Waals surface area contributed by atoms with Crippen molar-refractivity contribution in [1.29, 1.82) is 0 Å². The van der Waals surface area contributed by atoms with Crippen molar-refractivity contribution in [3.05, 3.63) is 11.9 Å². The quantitative estimate of drug-likeness (QED) is 0.855. The summed E-state index contributed by atoms with van der Waals surface area (Å²) in [4.78, 5) is 8.50. The second-order valence-electron chi connectivity index (χ2n) is 5.34. The summed E-state index contributed by atoms with van der Waals surface area (Å²) in [6, 6.07) is 1.82. The van der Waals surface area contributed by atoms with Crippen LogP contribution in [0.3, 0.4) is 0 Å². The van der Waals surface area contributed by atoms with Crippen molar-refractivity contribution < 1.29 is 4.74 Å². The van der Waals surface area contributed by atoms with Crippen LogP contribution in [0.15, 0.2) is 6.07 Å². The summed E-state index contributed by atoms with van der Waals surface area (Å²) in [7, 11) is 1.61. The zero-order valence-corrected chi connectivity index (χ0v) is 11.7. The van der Waals surface area contributed by atoms with Gasteiger partial charge in [0.15, 0.2) is 0 Å². The van der Waals surface area contributed by atoms with Gasteiger partial charge in [-0.2, -0.15) is 4.98 Å². The molecule has 17 heavy (non-hydrogen) atoms. The standard InChI is InChI=1S/C13H23N3O/c1-9(2)13(4,5)8-14-11-7-12(17-6)16-10(3)15-11/h7,9H,8H2,1-6H3,(H,14,15,16). The van der Waals surface area contributed by atoms with E-state index in [1.165, 1.54) is 0 Å². The lowest BCUT2D eigenvalue weighted by Gasteiger charge is -2.29. The minimum Gasteiger partial charge on any atom is -0.481 e. The predicted molar refractivity (Wildman–Crippen MR) is 70.4 cm³/mol. The summed E-state index contributed by atoms with van der Waals surface area (Å²) in [5, 5.41) is 3.35. The van der Waals surface area contributed by atoms with Gasteiger partial charge in [0.25, 0.3) is 0 Å². The van der Waals surface area contributed by atoms with Crippen LogP contribution in [0.2, 0.25) is 0 Å². The molecule has 0 aliphatic rings. The smallest absolute Gasteiger partial charge is 0.218 e. The Kier molecular flexibility index (Phi) is 4.32. The van der Waals surface area contributed by atoms with Gasteiger partial charge in [-0.15, -0.1) is 0 Å². The number of aromatic nitrogens is 2. The van der Waals surface area contributed by atoms with E-state index in [4.69, 9.17) is 4.74 Å². The molecule has 1 aromatic heterocycles. The number of hydrogen-bond donors (Lipinski definition) is 1. The van der Waals surface area contributed by atoms with Gasteiger partial charge in [-0.25, -0.2) is 4.98 Å². The SMILES string of the molecule is COc1cc(NCC(C)(C)C(C)C)nc(C)n1. The summed E-state index contributed by atoms with van der Waals surface area (Å²) in [5.74, 6) is 2.75. The fourth-order valence-electron chi connectivity index (χ4n) is 1.26. The Morgan fingerprint density at radius 3 is 2.53 bits per heavy atom. The molecule has 0 atom stereocenters. The summed E-state index contributed by atoms with van der Waals surface area (Å²) in [6.45, 7) is 11.7. The van der Waals surface area contributed by atoms with Gasteiger partial charge >= 0.3 is 0 Å². The third kappa shape index (κ3) is 3.88. The maximum Gasteiger partial charge on any atom is 0.218 e. The summed E-state index contributed by atoms with van der Waals surface area (Å²) < 4.78 is 5.12. The lowest BCUT2D eigenvalue weighted by molar-refractivity contribution is 0.269. The van der Waals surface area contributed by atoms with Crippen LogP contribution >= 0.6 is 0 Å². The molecule has 1 heterocycles. The normalized spacial score (nSPS) is 11.7. The molecule has 0 aliphatic carbocycles. The molecule has 0 fully saturated rings. The molecule has 4 nitrogen and oxygen atoms in total. The van der Waals surface area contributed by atoms with Crippen molar-refractivity contribution in [3.63, 3.8) is 0 Å². The molecule has 0 unspecified atom stereocenters. The van der Waals surface area contributed by atoms with Crippen LogP contribution in [0.5, 0.6) is 5.88 Å². The Morgan fingerprint density at radius 2 is 2.00 bits per heavy atom. The zero-order valence-electron chi connectivity index (χ0n) is 11.7. The molecular weight excluding hydrogens is 214 g/mol. The highest BCUT2D eigenvalue weighted by Gasteiger charge is 2.22. The van der Waals surface area contributed by atoms with Gasteiger partial charge in [0.1, 0.15) is 11.6 Å². The van der Waals surface area contributed by atoms with E-state index in [1.54, 1.807) is 7.11 Å². The molecule has 1 rings (SSSR count). The number of rotatable bonds is 5. The van der Waals surface area contributed by atoms with Crippen LogP contribution in [0.4, 0.5) is 5.82 Å². The van der Waals surface area contributed by atoms with Gasteiger partial charge in [-0.05, 0) is 18.3 Å². The number of hydrogen-bond acceptors (Lipinski definition) is 4. The fraction of sp³-hybridized carbons (Fsp3) is 0.692. The molecule has 1 N–H and O–H groups in total. The van der Waals surface area contributed by atoms with E-state index in [-0.39, 0.29) is 5.41 Å². The first-order valence-electron chi connectivity index (χ1n) is 5.98. The lowest BCUT2D eigenvalue weighted by Crippen LogP contribution is -2.28. The van der Waals surface area contributed by atoms with Gasteiger partial charge in [0.05, 0.1) is 7.11 Å². The van der Waals surface area contributed by atoms with Crippen molar-refractivity contribution >= 4 is 5.82 Å². The van der Waals surface area contributed by atoms with E-state index >= 15 is 0 Å². The van der Waals surface area contributed by atoms with Crippen LogP contribution in [0, 0.1) is 18.3 Å². The van der Waals surface area contributed by atoms with Gasteiger partial charge in [-0.3, -0.25) is 0 Å². The third-order valence-corrected chi connectivity index (χ3v) is 3.31. The lowest BCUT2D eigenvalue weighted by atomic mass is 9.81. The van der Waals surface area contributed by atoms with Crippen molar-refractivity contribution in [3.8, 4) is 5.88 Å². The highest BCUT2D eigenvalue weighted by Crippen LogP contribution is 2.26. The monoisotopic (exact) mass is 237 g/mol. The molecule has 0 aromatic carbocycles. The second-order valence-corrected chi connectivity index (χ2v) is 5.34. The zero-order chi connectivity index (χ0) is 13.1. The van der Waals surface area contributed by atoms with E-state index in [9.17, 15) is 0 Å². The largest absolute Gasteiger partial charge is 0.481 e. The molecule has 0 aliphatic heterocycles. The topological polar surface area (TPSA) is 47.0 Å². The molecule has 0 saturated carbocycles. The Morgan fingerprint density at radius 1 is 1.35 bits per heavy atom. The van der Waals surface area contributed by atoms with Gasteiger partial charge in [-0.1, -0.05) is 27.7 Å². The highest BCUT2D eigenvalue weighted by molar-refractivity contribution is 5.38. The number of nitrogens with zero attached hydrogens (tertiary/aromatic N) is 2. The van der Waals surface area contributed by atoms with Gasteiger partial charge in [0.2, 0.25) is 5.88 Å². The molecule has 0 saturated heterocycles. The minimum absolute atomic E-state index is 0.228. The average Bonchev–Trinajstić information content (AvgIpc) is 2.25. The van der Waals surface area contributed by atoms with Crippen molar-refractivity contribution in [2.75, 3.05) is 19.0 Å². The van der Waals surface area contributed by atoms with Gasteiger partial charge < -0.3 is 10.1 Å². The molecule has 0 radical (unpaired) electrons. The van der Waals surface area contributed by atoms with E-state index in [1.807, 2.05) is 13.0 Å². The van der Waals surface area contributed by atoms with E-state index < -0.39 is 0 Å². The number of methoxy groups -OCH3 is 1. The first kappa shape index (κ1) is 13.7. The Balaban J connectivity index is 2.72. The Labute approximate surface area is 104 Å². The average molecular weight is 237 g/mol. The van der Waals surface area contributed by atoms with Crippen LogP contribution < -0.4 is 10.1 Å². The maximum atomic E-state index is 5.12. The van der Waals surface area contributed by atoms with Crippen molar-refractivity contribution in [1.82, 2.24) is 9.97 Å². The summed E-state index contributed by atoms with van der Waals surface area (Å²) >= 11 is 0. The number of nitrogens with one attached hydrogen (secondary N) is 1. The fourth-order valence-corrected chi connectivity index (χ4v) is 1.26. The second kappa shape index (κ2) is 5.34. The van der Waals surface area contributed by atoms with Crippen LogP contribution in [0.1, 0.15) is 33.5 Å². The molecule has 96 valence electrons. The predicted octanol–water partition coefficient (Wildman–Crippen LogP) is 2.89. The number of ether oxygens (including phenoxy) is 1. The first-order valence-corrected chi connectivity index (χ1v) is 5.98. The molecular formula is C13H23N3O. The van der Waals surface area contributed by atoms with Crippen LogP contribution in [0.25, 0.3) is 0 Å². The Bertz CT molecular complexity index is 375. The third-order valence-electron chi connectivity index (χ3n) is 3.31. The maximum absolute atomic E-state index is 5.12. The first-order chi connectivity index (χ1) is 7.85. The molecule has 4 heteroatoms. The highest BCUT2D eigenvalue weighted by atomic mass is 16.5. The molecule has 0 bridgehead atoms. The number of aryl methyl sites for hydroxylation is 1. The molecule has 0 amide bonds. The summed E-state index contributed by atoms with van der Waals surface area (Å²) in [6.07, 6.45) is 0. The van der Waals surface area contributed by atoms with Crippen molar-refractivity contribution in [2.45, 2.75) is 34.6 Å². The van der Waals surface area contributed by atoms with E-state index in [0.717, 1.165) is 12.4 Å². The van der Waals surface area contributed by atoms with Crippen LogP contribution in [-0.4, -0.2) is 23.6 Å². The van der Waals surface area contributed by atoms with Gasteiger partial charge in [0, 0.05) is 12.6 Å². The van der Waals surface area contributed by atoms with E-state index in [0.29, 0.717) is 17.6 Å². The minimum atomic E-state index is 0.228. The van der Waals surface area contributed by atoms with E-state index in [2.05, 4.69) is 43.0 Å². The number of anilines is 1. The molecule has 1 aromatic rings. The summed E-state index contributed by atoms with van der Waals surface area (Å²) in [5.41, 5.74) is 0.228.